The van der Waals surface area contributed by atoms with Gasteiger partial charge in [-0.25, -0.2) is 4.39 Å². The number of hydrogen-bond acceptors (Lipinski definition) is 3. The highest BCUT2D eigenvalue weighted by molar-refractivity contribution is 7.12. The Morgan fingerprint density at radius 3 is 2.64 bits per heavy atom. The zero-order chi connectivity index (χ0) is 15.9. The van der Waals surface area contributed by atoms with Crippen LogP contribution in [0.3, 0.4) is 0 Å². The Morgan fingerprint density at radius 2 is 2.00 bits per heavy atom. The summed E-state index contributed by atoms with van der Waals surface area (Å²) in [7, 11) is 0. The van der Waals surface area contributed by atoms with Crippen LogP contribution in [0, 0.1) is 5.82 Å². The molecule has 1 aromatic carbocycles. The van der Waals surface area contributed by atoms with Crippen LogP contribution in [-0.2, 0) is 11.3 Å². The van der Waals surface area contributed by atoms with Gasteiger partial charge < -0.3 is 10.2 Å². The largest absolute Gasteiger partial charge is 0.350 e. The first-order valence-corrected chi connectivity index (χ1v) is 7.76. The molecular formula is C16H17FN2O2S. The average Bonchev–Trinajstić information content (AvgIpc) is 3.02. The quantitative estimate of drug-likeness (QED) is 0.889. The Hall–Kier alpha value is -2.21. The van der Waals surface area contributed by atoms with Crippen molar-refractivity contribution in [2.24, 2.45) is 0 Å². The molecule has 1 heterocycles. The van der Waals surface area contributed by atoms with Crippen molar-refractivity contribution in [2.45, 2.75) is 13.5 Å². The van der Waals surface area contributed by atoms with Gasteiger partial charge in [-0.3, -0.25) is 9.59 Å². The highest BCUT2D eigenvalue weighted by atomic mass is 32.1. The van der Waals surface area contributed by atoms with Gasteiger partial charge in [0.15, 0.2) is 0 Å². The molecule has 1 aromatic heterocycles. The Kier molecular flexibility index (Phi) is 5.66. The lowest BCUT2D eigenvalue weighted by molar-refractivity contribution is -0.129. The molecule has 2 aromatic rings. The summed E-state index contributed by atoms with van der Waals surface area (Å²) in [5, 5.41) is 4.58. The summed E-state index contributed by atoms with van der Waals surface area (Å²) in [6.07, 6.45) is 0. The zero-order valence-corrected chi connectivity index (χ0v) is 13.0. The number of nitrogens with zero attached hydrogens (tertiary/aromatic N) is 1. The van der Waals surface area contributed by atoms with Gasteiger partial charge in [-0.15, -0.1) is 11.3 Å². The number of hydrogen-bond donors (Lipinski definition) is 1. The lowest BCUT2D eigenvalue weighted by Gasteiger charge is -2.21. The van der Waals surface area contributed by atoms with Gasteiger partial charge in [0.05, 0.1) is 4.88 Å². The van der Waals surface area contributed by atoms with Crippen LogP contribution in [0.2, 0.25) is 0 Å². The van der Waals surface area contributed by atoms with Crippen LogP contribution in [0.15, 0.2) is 41.8 Å². The van der Waals surface area contributed by atoms with E-state index in [2.05, 4.69) is 5.32 Å². The summed E-state index contributed by atoms with van der Waals surface area (Å²) in [5.41, 5.74) is 0.460. The SMILES string of the molecule is CC(=O)N(CCNC(=O)c1cccs1)Cc1ccccc1F. The van der Waals surface area contributed by atoms with Gasteiger partial charge in [-0.05, 0) is 17.5 Å². The lowest BCUT2D eigenvalue weighted by atomic mass is 10.2. The molecule has 0 atom stereocenters. The predicted octanol–water partition coefficient (Wildman–Crippen LogP) is 2.67. The molecule has 0 bridgehead atoms. The van der Waals surface area contributed by atoms with Gasteiger partial charge in [0, 0.05) is 32.1 Å². The Labute approximate surface area is 132 Å². The van der Waals surface area contributed by atoms with Crippen molar-refractivity contribution >= 4 is 23.2 Å². The van der Waals surface area contributed by atoms with Gasteiger partial charge in [0.2, 0.25) is 5.91 Å². The Bertz CT molecular complexity index is 643. The number of carbonyl (C=O) groups is 2. The summed E-state index contributed by atoms with van der Waals surface area (Å²) in [6.45, 7) is 2.28. The van der Waals surface area contributed by atoms with Crippen molar-refractivity contribution in [3.63, 3.8) is 0 Å². The summed E-state index contributed by atoms with van der Waals surface area (Å²) < 4.78 is 13.6. The maximum Gasteiger partial charge on any atom is 0.261 e. The molecule has 0 spiro atoms. The van der Waals surface area contributed by atoms with E-state index in [4.69, 9.17) is 0 Å². The minimum absolute atomic E-state index is 0.159. The zero-order valence-electron chi connectivity index (χ0n) is 12.2. The van der Waals surface area contributed by atoms with Crippen LogP contribution in [0.1, 0.15) is 22.2 Å². The van der Waals surface area contributed by atoms with E-state index in [1.54, 1.807) is 30.3 Å². The molecule has 0 radical (unpaired) electrons. The van der Waals surface area contributed by atoms with E-state index < -0.39 is 0 Å². The van der Waals surface area contributed by atoms with Crippen LogP contribution >= 0.6 is 11.3 Å². The molecule has 0 aliphatic rings. The molecule has 0 unspecified atom stereocenters. The van der Waals surface area contributed by atoms with Crippen LogP contribution < -0.4 is 5.32 Å². The fourth-order valence-corrected chi connectivity index (χ4v) is 2.62. The minimum atomic E-state index is -0.337. The maximum absolute atomic E-state index is 13.6. The summed E-state index contributed by atoms with van der Waals surface area (Å²) in [5.74, 6) is -0.658. The molecule has 0 aliphatic carbocycles. The Morgan fingerprint density at radius 1 is 1.23 bits per heavy atom. The maximum atomic E-state index is 13.6. The molecule has 6 heteroatoms. The molecule has 1 N–H and O–H groups in total. The normalized spacial score (nSPS) is 10.3. The predicted molar refractivity (Wildman–Crippen MR) is 84.1 cm³/mol. The first kappa shape index (κ1) is 16.2. The molecule has 22 heavy (non-hydrogen) atoms. The second kappa shape index (κ2) is 7.70. The van der Waals surface area contributed by atoms with Gasteiger partial charge >= 0.3 is 0 Å². The number of carbonyl (C=O) groups excluding carboxylic acids is 2. The minimum Gasteiger partial charge on any atom is -0.350 e. The molecule has 0 saturated heterocycles. The number of halogens is 1. The molecule has 0 aliphatic heterocycles. The van der Waals surface area contributed by atoms with Crippen LogP contribution in [0.5, 0.6) is 0 Å². The van der Waals surface area contributed by atoms with Gasteiger partial charge in [-0.2, -0.15) is 0 Å². The summed E-state index contributed by atoms with van der Waals surface area (Å²) >= 11 is 1.36. The molecule has 2 amide bonds. The smallest absolute Gasteiger partial charge is 0.261 e. The third-order valence-electron chi connectivity index (χ3n) is 3.18. The highest BCUT2D eigenvalue weighted by Gasteiger charge is 2.13. The summed E-state index contributed by atoms with van der Waals surface area (Å²) in [4.78, 5) is 25.6. The first-order chi connectivity index (χ1) is 10.6. The van der Waals surface area contributed by atoms with Crippen molar-refractivity contribution in [3.8, 4) is 0 Å². The number of amides is 2. The van der Waals surface area contributed by atoms with Crippen molar-refractivity contribution in [3.05, 3.63) is 58.0 Å². The van der Waals surface area contributed by atoms with E-state index in [9.17, 15) is 14.0 Å². The third kappa shape index (κ3) is 4.39. The van der Waals surface area contributed by atoms with E-state index in [-0.39, 0.29) is 24.2 Å². The topological polar surface area (TPSA) is 49.4 Å². The van der Waals surface area contributed by atoms with Gasteiger partial charge in [0.25, 0.3) is 5.91 Å². The van der Waals surface area contributed by atoms with Crippen LogP contribution in [0.25, 0.3) is 0 Å². The van der Waals surface area contributed by atoms with Gasteiger partial charge in [-0.1, -0.05) is 24.3 Å². The lowest BCUT2D eigenvalue weighted by Crippen LogP contribution is -2.37. The summed E-state index contributed by atoms with van der Waals surface area (Å²) in [6, 6.07) is 9.90. The molecule has 116 valence electrons. The van der Waals surface area contributed by atoms with E-state index in [0.29, 0.717) is 23.5 Å². The van der Waals surface area contributed by atoms with Crippen LogP contribution in [0.4, 0.5) is 4.39 Å². The average molecular weight is 320 g/mol. The number of nitrogens with one attached hydrogen (secondary N) is 1. The second-order valence-corrected chi connectivity index (χ2v) is 5.71. The third-order valence-corrected chi connectivity index (χ3v) is 4.05. The molecule has 0 fully saturated rings. The van der Waals surface area contributed by atoms with E-state index >= 15 is 0 Å². The number of thiophene rings is 1. The molecule has 2 rings (SSSR count). The fourth-order valence-electron chi connectivity index (χ4n) is 1.98. The van der Waals surface area contributed by atoms with Crippen LogP contribution in [-0.4, -0.2) is 29.8 Å². The molecule has 4 nitrogen and oxygen atoms in total. The van der Waals surface area contributed by atoms with E-state index in [1.165, 1.54) is 29.2 Å². The van der Waals surface area contributed by atoms with Crippen molar-refractivity contribution in [1.29, 1.82) is 0 Å². The highest BCUT2D eigenvalue weighted by Crippen LogP contribution is 2.10. The molecular weight excluding hydrogens is 303 g/mol. The number of rotatable bonds is 6. The van der Waals surface area contributed by atoms with Crippen molar-refractivity contribution < 1.29 is 14.0 Å². The fraction of sp³-hybridized carbons (Fsp3) is 0.250. The van der Waals surface area contributed by atoms with Crippen molar-refractivity contribution in [1.82, 2.24) is 10.2 Å². The van der Waals surface area contributed by atoms with Gasteiger partial charge in [0.1, 0.15) is 5.82 Å². The first-order valence-electron chi connectivity index (χ1n) is 6.88. The number of benzene rings is 1. The van der Waals surface area contributed by atoms with E-state index in [1.807, 2.05) is 5.38 Å². The second-order valence-electron chi connectivity index (χ2n) is 4.77. The molecule has 0 saturated carbocycles. The monoisotopic (exact) mass is 320 g/mol. The Balaban J connectivity index is 1.88. The van der Waals surface area contributed by atoms with E-state index in [0.717, 1.165) is 0 Å². The standard InChI is InChI=1S/C16H17FN2O2S/c1-12(20)19(11-13-5-2-3-6-14(13)17)9-8-18-16(21)15-7-4-10-22-15/h2-7,10H,8-9,11H2,1H3,(H,18,21). The van der Waals surface area contributed by atoms with Crippen molar-refractivity contribution in [2.75, 3.05) is 13.1 Å².